The molecule has 2 N–H and O–H groups in total. The minimum absolute atomic E-state index is 0.275. The third-order valence-electron chi connectivity index (χ3n) is 3.46. The van der Waals surface area contributed by atoms with Gasteiger partial charge in [0.05, 0.1) is 11.1 Å². The molecule has 0 saturated heterocycles. The molecule has 0 aliphatic heterocycles. The van der Waals surface area contributed by atoms with Crippen molar-refractivity contribution in [2.24, 2.45) is 5.92 Å². The van der Waals surface area contributed by atoms with Crippen LogP contribution in [-0.2, 0) is 0 Å². The first-order valence-electron chi connectivity index (χ1n) is 6.64. The lowest BCUT2D eigenvalue weighted by Gasteiger charge is -2.18. The predicted molar refractivity (Wildman–Crippen MR) is 72.1 cm³/mol. The van der Waals surface area contributed by atoms with Crippen LogP contribution in [0.25, 0.3) is 0 Å². The molecule has 21 heavy (non-hydrogen) atoms. The van der Waals surface area contributed by atoms with Crippen molar-refractivity contribution < 1.29 is 23.5 Å². The van der Waals surface area contributed by atoms with Gasteiger partial charge in [0.15, 0.2) is 11.6 Å². The van der Waals surface area contributed by atoms with Crippen LogP contribution in [0.5, 0.6) is 0 Å². The summed E-state index contributed by atoms with van der Waals surface area (Å²) in [6, 6.07) is 1.14. The highest BCUT2D eigenvalue weighted by atomic mass is 19.2. The Morgan fingerprint density at radius 2 is 1.86 bits per heavy atom. The highest BCUT2D eigenvalue weighted by molar-refractivity contribution is 6.04. The van der Waals surface area contributed by atoms with Gasteiger partial charge in [-0.05, 0) is 37.3 Å². The van der Waals surface area contributed by atoms with E-state index in [-0.39, 0.29) is 11.5 Å². The number of benzene rings is 1. The van der Waals surface area contributed by atoms with Gasteiger partial charge in [-0.3, -0.25) is 4.79 Å². The number of rotatable bonds is 4. The van der Waals surface area contributed by atoms with Crippen LogP contribution in [0.15, 0.2) is 24.3 Å². The van der Waals surface area contributed by atoms with Gasteiger partial charge in [-0.15, -0.1) is 0 Å². The van der Waals surface area contributed by atoms with Gasteiger partial charge in [0.2, 0.25) is 0 Å². The summed E-state index contributed by atoms with van der Waals surface area (Å²) in [7, 11) is 0. The van der Waals surface area contributed by atoms with Crippen molar-refractivity contribution in [2.45, 2.75) is 19.3 Å². The van der Waals surface area contributed by atoms with Crippen molar-refractivity contribution in [3.8, 4) is 0 Å². The number of carboxylic acid groups (broad SMARTS) is 1. The fourth-order valence-corrected chi connectivity index (χ4v) is 2.29. The number of nitrogens with one attached hydrogen (secondary N) is 1. The largest absolute Gasteiger partial charge is 0.478 e. The molecule has 4 nitrogen and oxygen atoms in total. The van der Waals surface area contributed by atoms with Crippen LogP contribution in [0.3, 0.4) is 0 Å². The van der Waals surface area contributed by atoms with E-state index < -0.39 is 29.1 Å². The topological polar surface area (TPSA) is 66.4 Å². The molecule has 112 valence electrons. The third-order valence-corrected chi connectivity index (χ3v) is 3.46. The van der Waals surface area contributed by atoms with Gasteiger partial charge in [-0.1, -0.05) is 12.2 Å². The molecule has 0 aromatic heterocycles. The molecule has 1 aliphatic carbocycles. The van der Waals surface area contributed by atoms with Crippen LogP contribution in [0.1, 0.15) is 40.0 Å². The molecule has 6 heteroatoms. The van der Waals surface area contributed by atoms with Crippen molar-refractivity contribution in [1.29, 1.82) is 0 Å². The summed E-state index contributed by atoms with van der Waals surface area (Å²) in [4.78, 5) is 23.0. The average Bonchev–Trinajstić information content (AvgIpc) is 2.48. The molecule has 1 unspecified atom stereocenters. The van der Waals surface area contributed by atoms with Gasteiger partial charge < -0.3 is 10.4 Å². The maximum Gasteiger partial charge on any atom is 0.336 e. The van der Waals surface area contributed by atoms with Crippen molar-refractivity contribution in [3.63, 3.8) is 0 Å². The Labute approximate surface area is 120 Å². The molecule has 2 rings (SSSR count). The number of amides is 1. The van der Waals surface area contributed by atoms with Crippen LogP contribution in [0.2, 0.25) is 0 Å². The Balaban J connectivity index is 2.12. The first kappa shape index (κ1) is 15.2. The monoisotopic (exact) mass is 295 g/mol. The van der Waals surface area contributed by atoms with Crippen LogP contribution < -0.4 is 5.32 Å². The van der Waals surface area contributed by atoms with E-state index in [1.165, 1.54) is 0 Å². The minimum Gasteiger partial charge on any atom is -0.478 e. The Morgan fingerprint density at radius 3 is 2.43 bits per heavy atom. The molecular weight excluding hydrogens is 280 g/mol. The molecule has 0 radical (unpaired) electrons. The van der Waals surface area contributed by atoms with Gasteiger partial charge >= 0.3 is 5.97 Å². The fourth-order valence-electron chi connectivity index (χ4n) is 2.29. The molecule has 0 heterocycles. The summed E-state index contributed by atoms with van der Waals surface area (Å²) in [6.45, 7) is 0.376. The van der Waals surface area contributed by atoms with E-state index in [2.05, 4.69) is 11.4 Å². The van der Waals surface area contributed by atoms with E-state index in [0.717, 1.165) is 19.3 Å². The van der Waals surface area contributed by atoms with Crippen molar-refractivity contribution in [2.75, 3.05) is 6.54 Å². The summed E-state index contributed by atoms with van der Waals surface area (Å²) in [5.41, 5.74) is -0.914. The number of halogens is 2. The lowest BCUT2D eigenvalue weighted by molar-refractivity contribution is 0.0690. The smallest absolute Gasteiger partial charge is 0.336 e. The second-order valence-electron chi connectivity index (χ2n) is 4.98. The number of carboxylic acids is 1. The van der Waals surface area contributed by atoms with E-state index in [4.69, 9.17) is 5.11 Å². The van der Waals surface area contributed by atoms with Crippen molar-refractivity contribution in [1.82, 2.24) is 5.32 Å². The quantitative estimate of drug-likeness (QED) is 0.839. The minimum atomic E-state index is -1.47. The number of carbonyl (C=O) groups is 2. The Kier molecular flexibility index (Phi) is 4.67. The molecule has 0 spiro atoms. The summed E-state index contributed by atoms with van der Waals surface area (Å²) in [5.74, 6) is -4.44. The first-order chi connectivity index (χ1) is 9.99. The Hall–Kier alpha value is -2.24. The van der Waals surface area contributed by atoms with Gasteiger partial charge in [-0.25, -0.2) is 13.6 Å². The molecule has 0 fully saturated rings. The lowest BCUT2D eigenvalue weighted by Crippen LogP contribution is -2.31. The summed E-state index contributed by atoms with van der Waals surface area (Å²) in [6.07, 6.45) is 6.80. The molecule has 1 aromatic carbocycles. The second kappa shape index (κ2) is 6.47. The van der Waals surface area contributed by atoms with E-state index in [0.29, 0.717) is 18.7 Å². The van der Waals surface area contributed by atoms with Crippen molar-refractivity contribution >= 4 is 11.9 Å². The summed E-state index contributed by atoms with van der Waals surface area (Å²) >= 11 is 0. The standard InChI is InChI=1S/C15H15F2NO3/c16-12-6-10(11(15(20)21)7-13(12)17)14(19)18-8-9-4-2-1-3-5-9/h1-2,6-7,9H,3-5,8H2,(H,18,19)(H,20,21). The maximum absolute atomic E-state index is 13.2. The van der Waals surface area contributed by atoms with E-state index >= 15 is 0 Å². The van der Waals surface area contributed by atoms with Crippen LogP contribution >= 0.6 is 0 Å². The van der Waals surface area contributed by atoms with Gasteiger partial charge in [-0.2, -0.15) is 0 Å². The zero-order chi connectivity index (χ0) is 15.4. The van der Waals surface area contributed by atoms with Gasteiger partial charge in [0.25, 0.3) is 5.91 Å². The first-order valence-corrected chi connectivity index (χ1v) is 6.64. The van der Waals surface area contributed by atoms with Crippen LogP contribution in [0, 0.1) is 17.6 Å². The second-order valence-corrected chi connectivity index (χ2v) is 4.98. The highest BCUT2D eigenvalue weighted by Crippen LogP contribution is 2.18. The fraction of sp³-hybridized carbons (Fsp3) is 0.333. The third kappa shape index (κ3) is 3.65. The SMILES string of the molecule is O=C(O)c1cc(F)c(F)cc1C(=O)NCC1CC=CCC1. The molecule has 1 aliphatic rings. The van der Waals surface area contributed by atoms with Crippen LogP contribution in [-0.4, -0.2) is 23.5 Å². The van der Waals surface area contributed by atoms with Crippen molar-refractivity contribution in [3.05, 3.63) is 47.0 Å². The van der Waals surface area contributed by atoms with Gasteiger partial charge in [0, 0.05) is 6.54 Å². The summed E-state index contributed by atoms with van der Waals surface area (Å²) in [5, 5.41) is 11.6. The normalized spacial score (nSPS) is 17.5. The highest BCUT2D eigenvalue weighted by Gasteiger charge is 2.21. The molecule has 0 saturated carbocycles. The molecule has 1 amide bonds. The van der Waals surface area contributed by atoms with Gasteiger partial charge in [0.1, 0.15) is 0 Å². The predicted octanol–water partition coefficient (Wildman–Crippen LogP) is 2.75. The number of hydrogen-bond donors (Lipinski definition) is 2. The Morgan fingerprint density at radius 1 is 1.19 bits per heavy atom. The maximum atomic E-state index is 13.2. The Bertz CT molecular complexity index is 599. The molecular formula is C15H15F2NO3. The number of hydrogen-bond acceptors (Lipinski definition) is 2. The van der Waals surface area contributed by atoms with Crippen LogP contribution in [0.4, 0.5) is 8.78 Å². The molecule has 1 aromatic rings. The van der Waals surface area contributed by atoms with E-state index in [1.807, 2.05) is 6.08 Å². The summed E-state index contributed by atoms with van der Waals surface area (Å²) < 4.78 is 26.3. The zero-order valence-corrected chi connectivity index (χ0v) is 11.2. The van der Waals surface area contributed by atoms with E-state index in [1.54, 1.807) is 0 Å². The number of carbonyl (C=O) groups excluding carboxylic acids is 1. The zero-order valence-electron chi connectivity index (χ0n) is 11.2. The molecule has 1 atom stereocenters. The number of aromatic carboxylic acids is 1. The lowest BCUT2D eigenvalue weighted by atomic mass is 9.94. The number of allylic oxidation sites excluding steroid dienone is 2. The van der Waals surface area contributed by atoms with E-state index in [9.17, 15) is 18.4 Å². The molecule has 0 bridgehead atoms. The average molecular weight is 295 g/mol.